The fourth-order valence-electron chi connectivity index (χ4n) is 3.11. The second-order valence-electron chi connectivity index (χ2n) is 6.76. The Balaban J connectivity index is 1.53. The minimum atomic E-state index is -4.58. The van der Waals surface area contributed by atoms with Gasteiger partial charge in [0.1, 0.15) is 5.82 Å². The molecule has 30 heavy (non-hydrogen) atoms. The van der Waals surface area contributed by atoms with Crippen molar-refractivity contribution >= 4 is 17.4 Å². The van der Waals surface area contributed by atoms with Gasteiger partial charge in [-0.15, -0.1) is 0 Å². The zero-order chi connectivity index (χ0) is 21.9. The van der Waals surface area contributed by atoms with Gasteiger partial charge in [0.05, 0.1) is 23.4 Å². The van der Waals surface area contributed by atoms with Gasteiger partial charge in [-0.25, -0.2) is 4.98 Å². The number of halogens is 6. The van der Waals surface area contributed by atoms with Gasteiger partial charge in [0.2, 0.25) is 5.91 Å². The van der Waals surface area contributed by atoms with Crippen molar-refractivity contribution in [3.05, 3.63) is 53.7 Å². The summed E-state index contributed by atoms with van der Waals surface area (Å²) >= 11 is 0. The summed E-state index contributed by atoms with van der Waals surface area (Å²) in [6, 6.07) is 6.98. The largest absolute Gasteiger partial charge is 0.418 e. The molecule has 2 aromatic rings. The molecule has 0 aliphatic carbocycles. The molecule has 0 spiro atoms. The molecule has 0 bridgehead atoms. The summed E-state index contributed by atoms with van der Waals surface area (Å²) in [4.78, 5) is 19.6. The van der Waals surface area contributed by atoms with Crippen LogP contribution in [-0.4, -0.2) is 48.5 Å². The smallest absolute Gasteiger partial charge is 0.354 e. The Hall–Kier alpha value is -2.82. The molecule has 1 aromatic heterocycles. The monoisotopic (exact) mass is 432 g/mol. The van der Waals surface area contributed by atoms with Crippen LogP contribution in [0.1, 0.15) is 11.1 Å². The van der Waals surface area contributed by atoms with Crippen molar-refractivity contribution < 1.29 is 31.1 Å². The highest BCUT2D eigenvalue weighted by atomic mass is 19.4. The molecule has 1 saturated heterocycles. The molecule has 2 heterocycles. The average Bonchev–Trinajstić information content (AvgIpc) is 2.67. The molecule has 0 saturated carbocycles. The van der Waals surface area contributed by atoms with E-state index in [9.17, 15) is 31.1 Å². The highest BCUT2D eigenvalue weighted by Crippen LogP contribution is 2.34. The summed E-state index contributed by atoms with van der Waals surface area (Å²) in [7, 11) is 0. The van der Waals surface area contributed by atoms with Crippen molar-refractivity contribution in [1.29, 1.82) is 0 Å². The summed E-state index contributed by atoms with van der Waals surface area (Å²) in [5, 5.41) is 2.29. The standard InChI is InChI=1S/C19H18F6N4O/c20-18(21,22)13-5-6-16(26-11-13)29-9-7-28(8-10-29)12-17(30)27-15-4-2-1-3-14(15)19(23,24)25/h1-6,11H,7-10,12H2,(H,27,30). The molecule has 0 unspecified atom stereocenters. The molecule has 1 N–H and O–H groups in total. The van der Waals surface area contributed by atoms with Gasteiger partial charge in [-0.2, -0.15) is 26.3 Å². The Morgan fingerprint density at radius 1 is 0.933 bits per heavy atom. The molecule has 5 nitrogen and oxygen atoms in total. The van der Waals surface area contributed by atoms with Crippen LogP contribution in [0.4, 0.5) is 37.8 Å². The number of amides is 1. The first-order valence-corrected chi connectivity index (χ1v) is 9.00. The van der Waals surface area contributed by atoms with E-state index in [0.717, 1.165) is 18.3 Å². The number of anilines is 2. The SMILES string of the molecule is O=C(CN1CCN(c2ccc(C(F)(F)F)cn2)CC1)Nc1ccccc1C(F)(F)F. The maximum atomic E-state index is 13.0. The highest BCUT2D eigenvalue weighted by Gasteiger charge is 2.34. The molecule has 1 amide bonds. The number of carbonyl (C=O) groups is 1. The van der Waals surface area contributed by atoms with Crippen LogP contribution in [0.5, 0.6) is 0 Å². The fraction of sp³-hybridized carbons (Fsp3) is 0.368. The van der Waals surface area contributed by atoms with E-state index in [1.54, 1.807) is 9.80 Å². The first-order chi connectivity index (χ1) is 14.0. The Kier molecular flexibility index (Phi) is 6.20. The van der Waals surface area contributed by atoms with Gasteiger partial charge >= 0.3 is 12.4 Å². The van der Waals surface area contributed by atoms with E-state index in [-0.39, 0.29) is 12.2 Å². The lowest BCUT2D eigenvalue weighted by molar-refractivity contribution is -0.138. The Morgan fingerprint density at radius 3 is 2.17 bits per heavy atom. The van der Waals surface area contributed by atoms with Crippen LogP contribution in [0, 0.1) is 0 Å². The number of alkyl halides is 6. The minimum Gasteiger partial charge on any atom is -0.354 e. The summed E-state index contributed by atoms with van der Waals surface area (Å²) < 4.78 is 76.9. The predicted molar refractivity (Wildman–Crippen MR) is 98.0 cm³/mol. The van der Waals surface area contributed by atoms with E-state index in [0.29, 0.717) is 32.0 Å². The van der Waals surface area contributed by atoms with Crippen LogP contribution in [0.15, 0.2) is 42.6 Å². The first-order valence-electron chi connectivity index (χ1n) is 9.00. The number of hydrogen-bond donors (Lipinski definition) is 1. The van der Waals surface area contributed by atoms with Crippen LogP contribution in [-0.2, 0) is 17.1 Å². The minimum absolute atomic E-state index is 0.0968. The molecular weight excluding hydrogens is 414 g/mol. The van der Waals surface area contributed by atoms with E-state index in [4.69, 9.17) is 0 Å². The zero-order valence-electron chi connectivity index (χ0n) is 15.6. The first kappa shape index (κ1) is 21.9. The molecule has 0 atom stereocenters. The molecule has 3 rings (SSSR count). The number of piperazine rings is 1. The summed E-state index contributed by atoms with van der Waals surface area (Å²) in [5.74, 6) is -0.181. The lowest BCUT2D eigenvalue weighted by Gasteiger charge is -2.35. The van der Waals surface area contributed by atoms with Gasteiger partial charge in [-0.3, -0.25) is 9.69 Å². The average molecular weight is 432 g/mol. The van der Waals surface area contributed by atoms with Gasteiger partial charge in [-0.05, 0) is 24.3 Å². The number of aromatic nitrogens is 1. The molecular formula is C19H18F6N4O. The lowest BCUT2D eigenvalue weighted by atomic mass is 10.1. The topological polar surface area (TPSA) is 48.5 Å². The van der Waals surface area contributed by atoms with Gasteiger partial charge in [-0.1, -0.05) is 12.1 Å². The van der Waals surface area contributed by atoms with Crippen LogP contribution in [0.3, 0.4) is 0 Å². The fourth-order valence-corrected chi connectivity index (χ4v) is 3.11. The van der Waals surface area contributed by atoms with Crippen molar-refractivity contribution in [2.24, 2.45) is 0 Å². The lowest BCUT2D eigenvalue weighted by Crippen LogP contribution is -2.49. The number of carbonyl (C=O) groups excluding carboxylic acids is 1. The van der Waals surface area contributed by atoms with Crippen LogP contribution < -0.4 is 10.2 Å². The van der Waals surface area contributed by atoms with Crippen molar-refractivity contribution in [2.45, 2.75) is 12.4 Å². The second-order valence-corrected chi connectivity index (χ2v) is 6.76. The Morgan fingerprint density at radius 2 is 1.60 bits per heavy atom. The number of hydrogen-bond acceptors (Lipinski definition) is 4. The maximum absolute atomic E-state index is 13.0. The van der Waals surface area contributed by atoms with E-state index >= 15 is 0 Å². The number of pyridine rings is 1. The van der Waals surface area contributed by atoms with Crippen LogP contribution in [0.25, 0.3) is 0 Å². The molecule has 0 radical (unpaired) electrons. The Bertz CT molecular complexity index is 874. The van der Waals surface area contributed by atoms with Crippen molar-refractivity contribution in [3.63, 3.8) is 0 Å². The van der Waals surface area contributed by atoms with Crippen molar-refractivity contribution in [2.75, 3.05) is 42.9 Å². The number of benzene rings is 1. The molecule has 11 heteroatoms. The summed E-state index contributed by atoms with van der Waals surface area (Å²) in [6.07, 6.45) is -8.26. The second kappa shape index (κ2) is 8.50. The number of rotatable bonds is 4. The number of nitrogens with zero attached hydrogens (tertiary/aromatic N) is 3. The van der Waals surface area contributed by atoms with E-state index in [1.165, 1.54) is 24.3 Å². The summed E-state index contributed by atoms with van der Waals surface area (Å²) in [5.41, 5.74) is -2.06. The predicted octanol–water partition coefficient (Wildman–Crippen LogP) is 3.88. The van der Waals surface area contributed by atoms with Crippen LogP contribution in [0.2, 0.25) is 0 Å². The quantitative estimate of drug-likeness (QED) is 0.746. The van der Waals surface area contributed by atoms with Gasteiger partial charge in [0.25, 0.3) is 0 Å². The summed E-state index contributed by atoms with van der Waals surface area (Å²) in [6.45, 7) is 1.57. The third kappa shape index (κ3) is 5.41. The third-order valence-electron chi connectivity index (χ3n) is 4.65. The third-order valence-corrected chi connectivity index (χ3v) is 4.65. The molecule has 1 aliphatic heterocycles. The molecule has 1 aliphatic rings. The zero-order valence-corrected chi connectivity index (χ0v) is 15.6. The van der Waals surface area contributed by atoms with Crippen molar-refractivity contribution in [1.82, 2.24) is 9.88 Å². The highest BCUT2D eigenvalue weighted by molar-refractivity contribution is 5.93. The van der Waals surface area contributed by atoms with Gasteiger partial charge < -0.3 is 10.2 Å². The normalized spacial score (nSPS) is 15.9. The van der Waals surface area contributed by atoms with Crippen molar-refractivity contribution in [3.8, 4) is 0 Å². The number of nitrogens with one attached hydrogen (secondary N) is 1. The van der Waals surface area contributed by atoms with Gasteiger partial charge in [0.15, 0.2) is 0 Å². The molecule has 1 aromatic carbocycles. The van der Waals surface area contributed by atoms with Crippen LogP contribution >= 0.6 is 0 Å². The molecule has 162 valence electrons. The van der Waals surface area contributed by atoms with E-state index in [1.807, 2.05) is 0 Å². The van der Waals surface area contributed by atoms with E-state index in [2.05, 4.69) is 10.3 Å². The molecule has 1 fully saturated rings. The van der Waals surface area contributed by atoms with E-state index < -0.39 is 29.4 Å². The maximum Gasteiger partial charge on any atom is 0.418 e. The number of para-hydroxylation sites is 1. The Labute approximate surface area is 168 Å². The van der Waals surface area contributed by atoms with Gasteiger partial charge in [0, 0.05) is 32.4 Å².